The minimum absolute atomic E-state index is 0.0742. The fraction of sp³-hybridized carbons (Fsp3) is 0.333. The lowest BCUT2D eigenvalue weighted by Gasteiger charge is -2.18. The van der Waals surface area contributed by atoms with Crippen LogP contribution in [-0.4, -0.2) is 35.6 Å². The SMILES string of the molecule is O[C@H](COCc1ccccc1)[C@H](O)COCc1ccccc1. The fourth-order valence-corrected chi connectivity index (χ4v) is 1.97. The third-order valence-electron chi connectivity index (χ3n) is 3.24. The van der Waals surface area contributed by atoms with Gasteiger partial charge in [0.25, 0.3) is 0 Å². The first-order valence-electron chi connectivity index (χ1n) is 7.35. The second-order valence-corrected chi connectivity index (χ2v) is 5.14. The monoisotopic (exact) mass is 302 g/mol. The zero-order valence-corrected chi connectivity index (χ0v) is 12.5. The van der Waals surface area contributed by atoms with Gasteiger partial charge in [-0.15, -0.1) is 0 Å². The predicted molar refractivity (Wildman–Crippen MR) is 84.2 cm³/mol. The Labute approximate surface area is 130 Å². The van der Waals surface area contributed by atoms with Gasteiger partial charge in [-0.2, -0.15) is 0 Å². The molecule has 0 aliphatic carbocycles. The van der Waals surface area contributed by atoms with Crippen molar-refractivity contribution in [3.63, 3.8) is 0 Å². The number of aliphatic hydroxyl groups is 2. The molecule has 4 nitrogen and oxygen atoms in total. The zero-order valence-electron chi connectivity index (χ0n) is 12.5. The summed E-state index contributed by atoms with van der Waals surface area (Å²) in [5.74, 6) is 0. The van der Waals surface area contributed by atoms with E-state index in [1.807, 2.05) is 60.7 Å². The third-order valence-corrected chi connectivity index (χ3v) is 3.24. The van der Waals surface area contributed by atoms with Gasteiger partial charge in [-0.05, 0) is 11.1 Å². The molecule has 0 saturated carbocycles. The number of benzene rings is 2. The lowest BCUT2D eigenvalue weighted by atomic mass is 10.2. The zero-order chi connectivity index (χ0) is 15.6. The fourth-order valence-electron chi connectivity index (χ4n) is 1.97. The van der Waals surface area contributed by atoms with E-state index >= 15 is 0 Å². The van der Waals surface area contributed by atoms with Crippen LogP contribution in [0.1, 0.15) is 11.1 Å². The molecule has 0 bridgehead atoms. The van der Waals surface area contributed by atoms with Crippen LogP contribution in [0.2, 0.25) is 0 Å². The molecule has 0 saturated heterocycles. The quantitative estimate of drug-likeness (QED) is 0.745. The first-order valence-corrected chi connectivity index (χ1v) is 7.35. The molecule has 0 radical (unpaired) electrons. The van der Waals surface area contributed by atoms with E-state index in [1.165, 1.54) is 0 Å². The lowest BCUT2D eigenvalue weighted by Crippen LogP contribution is -2.34. The van der Waals surface area contributed by atoms with E-state index < -0.39 is 12.2 Å². The van der Waals surface area contributed by atoms with Crippen molar-refractivity contribution in [2.75, 3.05) is 13.2 Å². The van der Waals surface area contributed by atoms with E-state index in [1.54, 1.807) is 0 Å². The summed E-state index contributed by atoms with van der Waals surface area (Å²) in [7, 11) is 0. The maximum atomic E-state index is 9.84. The smallest absolute Gasteiger partial charge is 0.105 e. The van der Waals surface area contributed by atoms with Gasteiger partial charge in [0, 0.05) is 0 Å². The van der Waals surface area contributed by atoms with Crippen molar-refractivity contribution in [1.82, 2.24) is 0 Å². The molecule has 118 valence electrons. The second-order valence-electron chi connectivity index (χ2n) is 5.14. The summed E-state index contributed by atoms with van der Waals surface area (Å²) in [4.78, 5) is 0. The van der Waals surface area contributed by atoms with Crippen LogP contribution in [0.3, 0.4) is 0 Å². The van der Waals surface area contributed by atoms with Crippen LogP contribution in [0.5, 0.6) is 0 Å². The maximum Gasteiger partial charge on any atom is 0.105 e. The highest BCUT2D eigenvalue weighted by Gasteiger charge is 2.16. The highest BCUT2D eigenvalue weighted by molar-refractivity contribution is 5.14. The molecule has 0 amide bonds. The normalized spacial score (nSPS) is 13.7. The molecule has 0 unspecified atom stereocenters. The van der Waals surface area contributed by atoms with Crippen LogP contribution >= 0.6 is 0 Å². The standard InChI is InChI=1S/C18H22O4/c19-17(13-21-11-15-7-3-1-4-8-15)18(20)14-22-12-16-9-5-2-6-10-16/h1-10,17-20H,11-14H2/t17-,18-/m1/s1. The Morgan fingerprint density at radius 2 is 1.00 bits per heavy atom. The molecule has 2 aromatic carbocycles. The van der Waals surface area contributed by atoms with Gasteiger partial charge in [0.05, 0.1) is 26.4 Å². The van der Waals surface area contributed by atoms with Crippen molar-refractivity contribution < 1.29 is 19.7 Å². The Morgan fingerprint density at radius 3 is 1.36 bits per heavy atom. The summed E-state index contributed by atoms with van der Waals surface area (Å²) in [6.45, 7) is 0.973. The van der Waals surface area contributed by atoms with Gasteiger partial charge in [0.2, 0.25) is 0 Å². The molecule has 2 N–H and O–H groups in total. The molecule has 0 aliphatic rings. The number of rotatable bonds is 9. The predicted octanol–water partition coefficient (Wildman–Crippen LogP) is 2.14. The van der Waals surface area contributed by atoms with Crippen LogP contribution in [-0.2, 0) is 22.7 Å². The molecule has 0 fully saturated rings. The lowest BCUT2D eigenvalue weighted by molar-refractivity contribution is -0.0758. The molecule has 2 atom stereocenters. The molecule has 4 heteroatoms. The summed E-state index contributed by atoms with van der Waals surface area (Å²) in [5.41, 5.74) is 2.06. The van der Waals surface area contributed by atoms with E-state index in [0.717, 1.165) is 11.1 Å². The van der Waals surface area contributed by atoms with Crippen LogP contribution < -0.4 is 0 Å². The van der Waals surface area contributed by atoms with Crippen LogP contribution in [0.4, 0.5) is 0 Å². The van der Waals surface area contributed by atoms with E-state index in [0.29, 0.717) is 13.2 Å². The second kappa shape index (κ2) is 9.33. The van der Waals surface area contributed by atoms with Crippen molar-refractivity contribution in [2.45, 2.75) is 25.4 Å². The number of ether oxygens (including phenoxy) is 2. The van der Waals surface area contributed by atoms with Crippen molar-refractivity contribution in [2.24, 2.45) is 0 Å². The van der Waals surface area contributed by atoms with E-state index in [9.17, 15) is 10.2 Å². The molecule has 0 aromatic heterocycles. The van der Waals surface area contributed by atoms with Gasteiger partial charge < -0.3 is 19.7 Å². The molecule has 0 aliphatic heterocycles. The summed E-state index contributed by atoms with van der Waals surface area (Å²) in [6.07, 6.45) is -1.92. The van der Waals surface area contributed by atoms with Gasteiger partial charge in [-0.1, -0.05) is 60.7 Å². The summed E-state index contributed by atoms with van der Waals surface area (Å²) < 4.78 is 10.8. The highest BCUT2D eigenvalue weighted by Crippen LogP contribution is 2.05. The van der Waals surface area contributed by atoms with Crippen molar-refractivity contribution in [3.8, 4) is 0 Å². The van der Waals surface area contributed by atoms with E-state index in [-0.39, 0.29) is 13.2 Å². The first kappa shape index (κ1) is 16.6. The van der Waals surface area contributed by atoms with Gasteiger partial charge in [-0.3, -0.25) is 0 Å². The van der Waals surface area contributed by atoms with Crippen LogP contribution in [0.15, 0.2) is 60.7 Å². The topological polar surface area (TPSA) is 58.9 Å². The molecule has 2 rings (SSSR count). The Bertz CT molecular complexity index is 466. The van der Waals surface area contributed by atoms with E-state index in [4.69, 9.17) is 9.47 Å². The minimum atomic E-state index is -0.959. The van der Waals surface area contributed by atoms with Crippen molar-refractivity contribution >= 4 is 0 Å². The van der Waals surface area contributed by atoms with Crippen molar-refractivity contribution in [1.29, 1.82) is 0 Å². The number of aliphatic hydroxyl groups excluding tert-OH is 2. The summed E-state index contributed by atoms with van der Waals surface area (Å²) in [6, 6.07) is 19.4. The van der Waals surface area contributed by atoms with Gasteiger partial charge in [-0.25, -0.2) is 0 Å². The molecule has 22 heavy (non-hydrogen) atoms. The number of hydrogen-bond acceptors (Lipinski definition) is 4. The molecule has 0 spiro atoms. The average Bonchev–Trinajstić information content (AvgIpc) is 2.56. The third kappa shape index (κ3) is 5.95. The Hall–Kier alpha value is -1.72. The van der Waals surface area contributed by atoms with Crippen molar-refractivity contribution in [3.05, 3.63) is 71.8 Å². The van der Waals surface area contributed by atoms with Gasteiger partial charge in [0.1, 0.15) is 12.2 Å². The van der Waals surface area contributed by atoms with E-state index in [2.05, 4.69) is 0 Å². The molecular formula is C18H22O4. The van der Waals surface area contributed by atoms with Crippen LogP contribution in [0, 0.1) is 0 Å². The first-order chi connectivity index (χ1) is 10.8. The largest absolute Gasteiger partial charge is 0.388 e. The average molecular weight is 302 g/mol. The molecular weight excluding hydrogens is 280 g/mol. The Kier molecular flexibility index (Phi) is 7.06. The minimum Gasteiger partial charge on any atom is -0.388 e. The Balaban J connectivity index is 1.61. The van der Waals surface area contributed by atoms with Gasteiger partial charge in [0.15, 0.2) is 0 Å². The molecule has 2 aromatic rings. The Morgan fingerprint density at radius 1 is 0.636 bits per heavy atom. The van der Waals surface area contributed by atoms with Crippen LogP contribution in [0.25, 0.3) is 0 Å². The summed E-state index contributed by atoms with van der Waals surface area (Å²) >= 11 is 0. The number of hydrogen-bond donors (Lipinski definition) is 2. The molecule has 0 heterocycles. The van der Waals surface area contributed by atoms with Gasteiger partial charge >= 0.3 is 0 Å². The summed E-state index contributed by atoms with van der Waals surface area (Å²) in [5, 5.41) is 19.7. The highest BCUT2D eigenvalue weighted by atomic mass is 16.5. The maximum absolute atomic E-state index is 9.84.